The first kappa shape index (κ1) is 14.2. The zero-order chi connectivity index (χ0) is 14.0. The zero-order valence-corrected chi connectivity index (χ0v) is 12.3. The Bertz CT molecular complexity index is 597. The lowest BCUT2D eigenvalue weighted by atomic mass is 10.1. The number of aryl methyl sites for hydroxylation is 1. The molecule has 1 atom stereocenters. The minimum Gasteiger partial charge on any atom is -0.454 e. The zero-order valence-electron chi connectivity index (χ0n) is 10.8. The molecular weight excluding hydrogens is 281 g/mol. The second kappa shape index (κ2) is 5.83. The monoisotopic (exact) mass is 295 g/mol. The normalized spacial score (nSPS) is 12.3. The number of ether oxygens (including phenoxy) is 1. The van der Waals surface area contributed by atoms with Crippen molar-refractivity contribution >= 4 is 23.2 Å². The summed E-state index contributed by atoms with van der Waals surface area (Å²) in [4.78, 5) is 0. The summed E-state index contributed by atoms with van der Waals surface area (Å²) in [5.41, 5.74) is 7.85. The van der Waals surface area contributed by atoms with Crippen LogP contribution in [0.3, 0.4) is 0 Å². The lowest BCUT2D eigenvalue weighted by Crippen LogP contribution is -2.04. The van der Waals surface area contributed by atoms with E-state index >= 15 is 0 Å². The molecule has 0 spiro atoms. The number of rotatable bonds is 3. The molecule has 0 amide bonds. The predicted octanol–water partition coefficient (Wildman–Crippen LogP) is 5.11. The number of nitrogens with two attached hydrogens (primary N) is 1. The van der Waals surface area contributed by atoms with E-state index in [-0.39, 0.29) is 6.04 Å². The van der Waals surface area contributed by atoms with Crippen molar-refractivity contribution in [2.45, 2.75) is 19.9 Å². The molecule has 0 aromatic heterocycles. The molecule has 2 N–H and O–H groups in total. The van der Waals surface area contributed by atoms with Crippen molar-refractivity contribution in [3.8, 4) is 11.5 Å². The first-order valence-electron chi connectivity index (χ1n) is 5.96. The van der Waals surface area contributed by atoms with Crippen LogP contribution in [0.5, 0.6) is 11.5 Å². The minimum atomic E-state index is -0.0606. The van der Waals surface area contributed by atoms with Crippen LogP contribution in [0.25, 0.3) is 0 Å². The maximum Gasteiger partial charge on any atom is 0.146 e. The standard InChI is InChI=1S/C15H15Cl2NO/c1-9-3-5-14(12(16)7-9)19-15-6-4-11(10(2)18)8-13(15)17/h3-8,10H,18H2,1-2H3/t10-/m0/s1. The fourth-order valence-corrected chi connectivity index (χ4v) is 2.19. The van der Waals surface area contributed by atoms with Crippen LogP contribution in [0, 0.1) is 6.92 Å². The lowest BCUT2D eigenvalue weighted by Gasteiger charge is -2.12. The fourth-order valence-electron chi connectivity index (χ4n) is 1.69. The summed E-state index contributed by atoms with van der Waals surface area (Å²) in [6.07, 6.45) is 0. The van der Waals surface area contributed by atoms with E-state index in [1.54, 1.807) is 6.07 Å². The topological polar surface area (TPSA) is 35.2 Å². The molecule has 0 aliphatic rings. The van der Waals surface area contributed by atoms with Gasteiger partial charge in [-0.05, 0) is 49.2 Å². The Balaban J connectivity index is 2.28. The molecule has 0 aliphatic carbocycles. The van der Waals surface area contributed by atoms with E-state index in [4.69, 9.17) is 33.7 Å². The van der Waals surface area contributed by atoms with E-state index in [1.807, 2.05) is 44.2 Å². The Morgan fingerprint density at radius 1 is 1.00 bits per heavy atom. The van der Waals surface area contributed by atoms with Gasteiger partial charge in [0.2, 0.25) is 0 Å². The van der Waals surface area contributed by atoms with Crippen LogP contribution in [0.15, 0.2) is 36.4 Å². The van der Waals surface area contributed by atoms with Crippen molar-refractivity contribution in [2.75, 3.05) is 0 Å². The van der Waals surface area contributed by atoms with Gasteiger partial charge < -0.3 is 10.5 Å². The van der Waals surface area contributed by atoms with Gasteiger partial charge in [0.15, 0.2) is 0 Å². The highest BCUT2D eigenvalue weighted by Gasteiger charge is 2.09. The van der Waals surface area contributed by atoms with Gasteiger partial charge in [-0.1, -0.05) is 35.3 Å². The highest BCUT2D eigenvalue weighted by atomic mass is 35.5. The van der Waals surface area contributed by atoms with Gasteiger partial charge in [0.25, 0.3) is 0 Å². The molecule has 2 rings (SSSR count). The van der Waals surface area contributed by atoms with Crippen LogP contribution in [0.4, 0.5) is 0 Å². The van der Waals surface area contributed by atoms with Crippen molar-refractivity contribution in [3.05, 3.63) is 57.6 Å². The van der Waals surface area contributed by atoms with Gasteiger partial charge in [0, 0.05) is 6.04 Å². The largest absolute Gasteiger partial charge is 0.454 e. The van der Waals surface area contributed by atoms with Crippen molar-refractivity contribution in [2.24, 2.45) is 5.73 Å². The van der Waals surface area contributed by atoms with Gasteiger partial charge >= 0.3 is 0 Å². The first-order chi connectivity index (χ1) is 8.97. The molecule has 0 saturated carbocycles. The summed E-state index contributed by atoms with van der Waals surface area (Å²) in [7, 11) is 0. The second-order valence-electron chi connectivity index (χ2n) is 4.51. The van der Waals surface area contributed by atoms with Crippen molar-refractivity contribution in [1.82, 2.24) is 0 Å². The number of hydrogen-bond donors (Lipinski definition) is 1. The van der Waals surface area contributed by atoms with Crippen molar-refractivity contribution in [1.29, 1.82) is 0 Å². The third-order valence-corrected chi connectivity index (χ3v) is 3.38. The maximum absolute atomic E-state index is 6.18. The van der Waals surface area contributed by atoms with E-state index in [9.17, 15) is 0 Å². The van der Waals surface area contributed by atoms with Gasteiger partial charge in [0.05, 0.1) is 10.0 Å². The Morgan fingerprint density at radius 2 is 1.58 bits per heavy atom. The van der Waals surface area contributed by atoms with E-state index in [0.717, 1.165) is 11.1 Å². The summed E-state index contributed by atoms with van der Waals surface area (Å²) in [5.74, 6) is 1.15. The fraction of sp³-hybridized carbons (Fsp3) is 0.200. The van der Waals surface area contributed by atoms with E-state index in [1.165, 1.54) is 0 Å². The van der Waals surface area contributed by atoms with Crippen LogP contribution in [-0.2, 0) is 0 Å². The van der Waals surface area contributed by atoms with Crippen LogP contribution >= 0.6 is 23.2 Å². The highest BCUT2D eigenvalue weighted by molar-refractivity contribution is 6.33. The Labute approximate surface area is 123 Å². The second-order valence-corrected chi connectivity index (χ2v) is 5.33. The van der Waals surface area contributed by atoms with Crippen LogP contribution in [0.2, 0.25) is 10.0 Å². The molecule has 0 saturated heterocycles. The molecule has 19 heavy (non-hydrogen) atoms. The lowest BCUT2D eigenvalue weighted by molar-refractivity contribution is 0.482. The summed E-state index contributed by atoms with van der Waals surface area (Å²) < 4.78 is 5.72. The Hall–Kier alpha value is -1.22. The molecule has 4 heteroatoms. The molecule has 100 valence electrons. The average Bonchev–Trinajstić information content (AvgIpc) is 2.34. The van der Waals surface area contributed by atoms with Crippen LogP contribution < -0.4 is 10.5 Å². The van der Waals surface area contributed by atoms with Crippen molar-refractivity contribution < 1.29 is 4.74 Å². The van der Waals surface area contributed by atoms with Gasteiger partial charge in [-0.25, -0.2) is 0 Å². The van der Waals surface area contributed by atoms with Gasteiger partial charge in [-0.15, -0.1) is 0 Å². The summed E-state index contributed by atoms with van der Waals surface area (Å²) in [6, 6.07) is 11.1. The van der Waals surface area contributed by atoms with E-state index < -0.39 is 0 Å². The first-order valence-corrected chi connectivity index (χ1v) is 6.72. The highest BCUT2D eigenvalue weighted by Crippen LogP contribution is 2.35. The molecule has 0 heterocycles. The summed E-state index contributed by atoms with van der Waals surface area (Å²) >= 11 is 12.3. The van der Waals surface area contributed by atoms with Gasteiger partial charge in [-0.3, -0.25) is 0 Å². The van der Waals surface area contributed by atoms with Crippen LogP contribution in [-0.4, -0.2) is 0 Å². The molecule has 0 fully saturated rings. The molecule has 0 bridgehead atoms. The van der Waals surface area contributed by atoms with Gasteiger partial charge in [0.1, 0.15) is 11.5 Å². The van der Waals surface area contributed by atoms with Crippen molar-refractivity contribution in [3.63, 3.8) is 0 Å². The minimum absolute atomic E-state index is 0.0606. The molecule has 2 nitrogen and oxygen atoms in total. The number of halogens is 2. The van der Waals surface area contributed by atoms with E-state index in [2.05, 4.69) is 0 Å². The summed E-state index contributed by atoms with van der Waals surface area (Å²) in [6.45, 7) is 3.88. The van der Waals surface area contributed by atoms with Crippen LogP contribution in [0.1, 0.15) is 24.1 Å². The maximum atomic E-state index is 6.18. The third kappa shape index (κ3) is 3.41. The molecule has 2 aromatic rings. The quantitative estimate of drug-likeness (QED) is 0.853. The molecule has 0 radical (unpaired) electrons. The van der Waals surface area contributed by atoms with Gasteiger partial charge in [-0.2, -0.15) is 0 Å². The molecular formula is C15H15Cl2NO. The molecule has 0 unspecified atom stereocenters. The smallest absolute Gasteiger partial charge is 0.146 e. The Kier molecular flexibility index (Phi) is 4.35. The van der Waals surface area contributed by atoms with E-state index in [0.29, 0.717) is 21.5 Å². The number of hydrogen-bond acceptors (Lipinski definition) is 2. The average molecular weight is 296 g/mol. The molecule has 0 aliphatic heterocycles. The third-order valence-electron chi connectivity index (χ3n) is 2.79. The summed E-state index contributed by atoms with van der Waals surface area (Å²) in [5, 5.41) is 1.08. The number of benzene rings is 2. The predicted molar refractivity (Wildman–Crippen MR) is 80.3 cm³/mol. The Morgan fingerprint density at radius 3 is 2.11 bits per heavy atom. The SMILES string of the molecule is Cc1ccc(Oc2ccc([C@H](C)N)cc2Cl)c(Cl)c1. The molecule has 2 aromatic carbocycles.